The van der Waals surface area contributed by atoms with Crippen LogP contribution in [0.2, 0.25) is 0 Å². The molecule has 0 aliphatic carbocycles. The fourth-order valence-corrected chi connectivity index (χ4v) is 1.70. The smallest absolute Gasteiger partial charge is 0.115 e. The van der Waals surface area contributed by atoms with Crippen LogP contribution in [0, 0.1) is 5.41 Å². The van der Waals surface area contributed by atoms with Gasteiger partial charge in [0.1, 0.15) is 6.33 Å². The van der Waals surface area contributed by atoms with Crippen LogP contribution in [-0.2, 0) is 6.54 Å². The van der Waals surface area contributed by atoms with E-state index in [4.69, 9.17) is 5.11 Å². The Balaban J connectivity index is 2.58. The van der Waals surface area contributed by atoms with Gasteiger partial charge in [0.2, 0.25) is 0 Å². The Kier molecular flexibility index (Phi) is 4.83. The van der Waals surface area contributed by atoms with Gasteiger partial charge in [-0.1, -0.05) is 20.8 Å². The fourth-order valence-electron chi connectivity index (χ4n) is 1.70. The standard InChI is InChI=1S/C12H21N3O/c1-12(2,3)9-15(4-5-16)8-11-6-13-10-14-7-11/h6-7,10,16H,4-5,8-9H2,1-3H3. The Labute approximate surface area is 97.3 Å². The van der Waals surface area contributed by atoms with Crippen molar-refractivity contribution in [3.63, 3.8) is 0 Å². The molecule has 1 aromatic rings. The molecule has 90 valence electrons. The third-order valence-electron chi connectivity index (χ3n) is 2.13. The van der Waals surface area contributed by atoms with E-state index in [9.17, 15) is 0 Å². The number of nitrogens with zero attached hydrogens (tertiary/aromatic N) is 3. The van der Waals surface area contributed by atoms with Gasteiger partial charge in [0, 0.05) is 37.6 Å². The lowest BCUT2D eigenvalue weighted by Gasteiger charge is -2.29. The molecule has 0 aliphatic rings. The van der Waals surface area contributed by atoms with E-state index in [1.807, 2.05) is 12.4 Å². The van der Waals surface area contributed by atoms with Gasteiger partial charge in [-0.15, -0.1) is 0 Å². The molecule has 0 aliphatic heterocycles. The first-order valence-electron chi connectivity index (χ1n) is 5.58. The Hall–Kier alpha value is -1.00. The van der Waals surface area contributed by atoms with Crippen LogP contribution < -0.4 is 0 Å². The molecule has 16 heavy (non-hydrogen) atoms. The number of aliphatic hydroxyl groups excluding tert-OH is 1. The molecule has 0 bridgehead atoms. The summed E-state index contributed by atoms with van der Waals surface area (Å²) in [5, 5.41) is 9.04. The van der Waals surface area contributed by atoms with Crippen molar-refractivity contribution in [3.05, 3.63) is 24.3 Å². The highest BCUT2D eigenvalue weighted by atomic mass is 16.3. The summed E-state index contributed by atoms with van der Waals surface area (Å²) in [4.78, 5) is 10.2. The molecule has 0 saturated heterocycles. The minimum absolute atomic E-state index is 0.184. The summed E-state index contributed by atoms with van der Waals surface area (Å²) in [7, 11) is 0. The molecule has 0 radical (unpaired) electrons. The van der Waals surface area contributed by atoms with E-state index in [1.54, 1.807) is 0 Å². The fraction of sp³-hybridized carbons (Fsp3) is 0.667. The van der Waals surface area contributed by atoms with Gasteiger partial charge in [0.15, 0.2) is 0 Å². The molecule has 1 N–H and O–H groups in total. The zero-order chi connectivity index (χ0) is 12.0. The molecule has 0 atom stereocenters. The monoisotopic (exact) mass is 223 g/mol. The zero-order valence-electron chi connectivity index (χ0n) is 10.3. The zero-order valence-corrected chi connectivity index (χ0v) is 10.3. The first-order chi connectivity index (χ1) is 7.51. The Morgan fingerprint density at radius 2 is 1.88 bits per heavy atom. The second-order valence-electron chi connectivity index (χ2n) is 5.24. The van der Waals surface area contributed by atoms with Crippen molar-refractivity contribution in [1.82, 2.24) is 14.9 Å². The topological polar surface area (TPSA) is 49.2 Å². The van der Waals surface area contributed by atoms with E-state index in [0.29, 0.717) is 6.54 Å². The van der Waals surface area contributed by atoms with E-state index in [-0.39, 0.29) is 12.0 Å². The average molecular weight is 223 g/mol. The van der Waals surface area contributed by atoms with Crippen molar-refractivity contribution in [1.29, 1.82) is 0 Å². The maximum absolute atomic E-state index is 9.04. The van der Waals surface area contributed by atoms with Gasteiger partial charge in [-0.05, 0) is 5.41 Å². The summed E-state index contributed by atoms with van der Waals surface area (Å²) in [5.74, 6) is 0. The van der Waals surface area contributed by atoms with Gasteiger partial charge in [0.05, 0.1) is 6.61 Å². The van der Waals surface area contributed by atoms with Crippen molar-refractivity contribution in [2.24, 2.45) is 5.41 Å². The predicted molar refractivity (Wildman–Crippen MR) is 63.8 cm³/mol. The van der Waals surface area contributed by atoms with Gasteiger partial charge < -0.3 is 5.11 Å². The molecule has 1 aromatic heterocycles. The van der Waals surface area contributed by atoms with Crippen molar-refractivity contribution in [3.8, 4) is 0 Å². The molecular weight excluding hydrogens is 202 g/mol. The molecular formula is C12H21N3O. The molecule has 4 nitrogen and oxygen atoms in total. The number of hydrogen-bond acceptors (Lipinski definition) is 4. The van der Waals surface area contributed by atoms with Crippen molar-refractivity contribution < 1.29 is 5.11 Å². The second kappa shape index (κ2) is 5.92. The SMILES string of the molecule is CC(C)(C)CN(CCO)Cc1cncnc1. The van der Waals surface area contributed by atoms with Gasteiger partial charge in [-0.2, -0.15) is 0 Å². The van der Waals surface area contributed by atoms with Crippen LogP contribution in [0.15, 0.2) is 18.7 Å². The van der Waals surface area contributed by atoms with Crippen LogP contribution in [0.25, 0.3) is 0 Å². The predicted octanol–water partition coefficient (Wildman–Crippen LogP) is 1.32. The Morgan fingerprint density at radius 1 is 1.25 bits per heavy atom. The lowest BCUT2D eigenvalue weighted by Crippen LogP contribution is -2.34. The van der Waals surface area contributed by atoms with E-state index >= 15 is 0 Å². The van der Waals surface area contributed by atoms with E-state index in [1.165, 1.54) is 6.33 Å². The minimum Gasteiger partial charge on any atom is -0.395 e. The minimum atomic E-state index is 0.184. The third kappa shape index (κ3) is 5.19. The maximum atomic E-state index is 9.04. The van der Waals surface area contributed by atoms with Crippen LogP contribution in [0.5, 0.6) is 0 Å². The normalized spacial score (nSPS) is 12.1. The Bertz CT molecular complexity index is 295. The van der Waals surface area contributed by atoms with Crippen LogP contribution in [-0.4, -0.2) is 39.7 Å². The van der Waals surface area contributed by atoms with Gasteiger partial charge in [-0.25, -0.2) is 9.97 Å². The summed E-state index contributed by atoms with van der Waals surface area (Å²) in [6.45, 7) is 9.19. The molecule has 0 spiro atoms. The van der Waals surface area contributed by atoms with Crippen LogP contribution >= 0.6 is 0 Å². The maximum Gasteiger partial charge on any atom is 0.115 e. The van der Waals surface area contributed by atoms with Crippen molar-refractivity contribution in [2.75, 3.05) is 19.7 Å². The molecule has 1 heterocycles. The van der Waals surface area contributed by atoms with Gasteiger partial charge >= 0.3 is 0 Å². The highest BCUT2D eigenvalue weighted by Crippen LogP contribution is 2.16. The van der Waals surface area contributed by atoms with Crippen molar-refractivity contribution in [2.45, 2.75) is 27.3 Å². The van der Waals surface area contributed by atoms with Gasteiger partial charge in [-0.3, -0.25) is 4.90 Å². The third-order valence-corrected chi connectivity index (χ3v) is 2.13. The second-order valence-corrected chi connectivity index (χ2v) is 5.24. The molecule has 1 rings (SSSR count). The van der Waals surface area contributed by atoms with Crippen LogP contribution in [0.1, 0.15) is 26.3 Å². The first kappa shape index (κ1) is 13.1. The van der Waals surface area contributed by atoms with E-state index < -0.39 is 0 Å². The summed E-state index contributed by atoms with van der Waals surface area (Å²) in [6.07, 6.45) is 5.17. The quantitative estimate of drug-likeness (QED) is 0.818. The van der Waals surface area contributed by atoms with E-state index in [0.717, 1.165) is 18.7 Å². The summed E-state index contributed by atoms with van der Waals surface area (Å²) in [5.41, 5.74) is 1.31. The first-order valence-corrected chi connectivity index (χ1v) is 5.58. The summed E-state index contributed by atoms with van der Waals surface area (Å²) >= 11 is 0. The van der Waals surface area contributed by atoms with Crippen LogP contribution in [0.3, 0.4) is 0 Å². The molecule has 0 amide bonds. The number of aromatic nitrogens is 2. The molecule has 0 saturated carbocycles. The number of rotatable bonds is 5. The van der Waals surface area contributed by atoms with E-state index in [2.05, 4.69) is 35.6 Å². The molecule has 4 heteroatoms. The van der Waals surface area contributed by atoms with Crippen molar-refractivity contribution >= 4 is 0 Å². The lowest BCUT2D eigenvalue weighted by molar-refractivity contribution is 0.146. The molecule has 0 fully saturated rings. The summed E-state index contributed by atoms with van der Waals surface area (Å²) in [6, 6.07) is 0. The largest absolute Gasteiger partial charge is 0.395 e. The molecule has 0 aromatic carbocycles. The average Bonchev–Trinajstić information content (AvgIpc) is 2.17. The lowest BCUT2D eigenvalue weighted by atomic mass is 9.96. The number of hydrogen-bond donors (Lipinski definition) is 1. The Morgan fingerprint density at radius 3 is 2.38 bits per heavy atom. The van der Waals surface area contributed by atoms with Gasteiger partial charge in [0.25, 0.3) is 0 Å². The number of aliphatic hydroxyl groups is 1. The highest BCUT2D eigenvalue weighted by molar-refractivity contribution is 5.02. The highest BCUT2D eigenvalue weighted by Gasteiger charge is 2.16. The van der Waals surface area contributed by atoms with Crippen LogP contribution in [0.4, 0.5) is 0 Å². The summed E-state index contributed by atoms with van der Waals surface area (Å²) < 4.78 is 0. The molecule has 0 unspecified atom stereocenters.